The van der Waals surface area contributed by atoms with Crippen molar-refractivity contribution in [3.63, 3.8) is 0 Å². The van der Waals surface area contributed by atoms with E-state index in [2.05, 4.69) is 60.8 Å². The van der Waals surface area contributed by atoms with Gasteiger partial charge in [0.2, 0.25) is 0 Å². The van der Waals surface area contributed by atoms with E-state index in [0.29, 0.717) is 0 Å². The molecule has 0 aliphatic heterocycles. The van der Waals surface area contributed by atoms with E-state index in [4.69, 9.17) is 0 Å². The van der Waals surface area contributed by atoms with Crippen LogP contribution in [0.5, 0.6) is 0 Å². The number of hydrogen-bond donors (Lipinski definition) is 0. The molecule has 1 rings (SSSR count). The van der Waals surface area contributed by atoms with Crippen LogP contribution in [0.1, 0.15) is 64.2 Å². The van der Waals surface area contributed by atoms with Crippen molar-refractivity contribution < 1.29 is 0 Å². The monoisotopic (exact) mass is 270 g/mol. The molecule has 0 heterocycles. The minimum absolute atomic E-state index is 1.22. The fraction of sp³-hybridized carbons (Fsp3) is 0.500. The molecule has 0 amide bonds. The summed E-state index contributed by atoms with van der Waals surface area (Å²) in [5.41, 5.74) is 0. The van der Waals surface area contributed by atoms with Gasteiger partial charge in [0.05, 0.1) is 0 Å². The zero-order chi connectivity index (χ0) is 14.1. The second-order valence-electron chi connectivity index (χ2n) is 5.42. The highest BCUT2D eigenvalue weighted by molar-refractivity contribution is 5.17. The molecule has 0 atom stereocenters. The summed E-state index contributed by atoms with van der Waals surface area (Å²) in [6.07, 6.45) is 35.0. The van der Waals surface area contributed by atoms with Crippen LogP contribution in [-0.4, -0.2) is 0 Å². The van der Waals surface area contributed by atoms with Crippen molar-refractivity contribution in [3.05, 3.63) is 60.8 Å². The molecule has 0 spiro atoms. The van der Waals surface area contributed by atoms with Gasteiger partial charge in [-0.3, -0.25) is 0 Å². The molecule has 0 aromatic heterocycles. The first-order chi connectivity index (χ1) is 10.0. The van der Waals surface area contributed by atoms with Gasteiger partial charge in [-0.05, 0) is 25.7 Å². The summed E-state index contributed by atoms with van der Waals surface area (Å²) in [6, 6.07) is 0. The van der Waals surface area contributed by atoms with Crippen molar-refractivity contribution in [3.8, 4) is 0 Å². The van der Waals surface area contributed by atoms with Gasteiger partial charge in [-0.2, -0.15) is 0 Å². The smallest absolute Gasteiger partial charge is 0.0348 e. The van der Waals surface area contributed by atoms with Crippen LogP contribution in [0.2, 0.25) is 0 Å². The molecular weight excluding hydrogens is 240 g/mol. The van der Waals surface area contributed by atoms with Crippen molar-refractivity contribution in [1.29, 1.82) is 0 Å². The summed E-state index contributed by atoms with van der Waals surface area (Å²) >= 11 is 0. The molecule has 0 fully saturated rings. The average Bonchev–Trinajstić information content (AvgIpc) is 2.46. The van der Waals surface area contributed by atoms with E-state index in [1.807, 2.05) is 0 Å². The summed E-state index contributed by atoms with van der Waals surface area (Å²) in [4.78, 5) is 0. The Morgan fingerprint density at radius 1 is 0.300 bits per heavy atom. The van der Waals surface area contributed by atoms with Crippen LogP contribution >= 0.6 is 0 Å². The van der Waals surface area contributed by atoms with Crippen LogP contribution in [0.4, 0.5) is 0 Å². The molecule has 1 aliphatic rings. The van der Waals surface area contributed by atoms with E-state index in [-0.39, 0.29) is 0 Å². The number of hydrogen-bond acceptors (Lipinski definition) is 0. The lowest BCUT2D eigenvalue weighted by molar-refractivity contribution is 0.571. The highest BCUT2D eigenvalue weighted by Crippen LogP contribution is 2.11. The lowest BCUT2D eigenvalue weighted by Crippen LogP contribution is -1.81. The third kappa shape index (κ3) is 11.8. The summed E-state index contributed by atoms with van der Waals surface area (Å²) in [5.74, 6) is 0. The van der Waals surface area contributed by atoms with Crippen molar-refractivity contribution in [2.24, 2.45) is 0 Å². The molecule has 0 saturated heterocycles. The third-order valence-electron chi connectivity index (χ3n) is 3.54. The summed E-state index contributed by atoms with van der Waals surface area (Å²) in [5, 5.41) is 0. The van der Waals surface area contributed by atoms with Gasteiger partial charge >= 0.3 is 0 Å². The van der Waals surface area contributed by atoms with E-state index >= 15 is 0 Å². The van der Waals surface area contributed by atoms with Gasteiger partial charge in [0.25, 0.3) is 0 Å². The van der Waals surface area contributed by atoms with Crippen LogP contribution in [0.25, 0.3) is 0 Å². The molecule has 110 valence electrons. The van der Waals surface area contributed by atoms with Crippen LogP contribution in [0, 0.1) is 0 Å². The molecule has 0 radical (unpaired) electrons. The molecule has 0 heteroatoms. The second-order valence-corrected chi connectivity index (χ2v) is 5.42. The third-order valence-corrected chi connectivity index (χ3v) is 3.54. The summed E-state index contributed by atoms with van der Waals surface area (Å²) < 4.78 is 0. The second kappa shape index (κ2) is 14.1. The predicted octanol–water partition coefficient (Wildman–Crippen LogP) is 6.68. The molecule has 1 aliphatic carbocycles. The topological polar surface area (TPSA) is 0 Å². The maximum atomic E-state index is 2.28. The van der Waals surface area contributed by atoms with E-state index in [1.54, 1.807) is 0 Å². The van der Waals surface area contributed by atoms with Crippen molar-refractivity contribution in [2.45, 2.75) is 64.2 Å². The zero-order valence-corrected chi connectivity index (χ0v) is 12.8. The van der Waals surface area contributed by atoms with E-state index in [9.17, 15) is 0 Å². The Balaban J connectivity index is 2.31. The van der Waals surface area contributed by atoms with Gasteiger partial charge in [0.15, 0.2) is 0 Å². The molecule has 0 unspecified atom stereocenters. The van der Waals surface area contributed by atoms with Crippen molar-refractivity contribution in [2.75, 3.05) is 0 Å². The Labute approximate surface area is 125 Å². The number of allylic oxidation sites excluding steroid dienone is 10. The molecule has 0 nitrogen and oxygen atoms in total. The summed E-state index contributed by atoms with van der Waals surface area (Å²) in [7, 11) is 0. The molecule has 0 N–H and O–H groups in total. The molecule has 0 aromatic rings. The van der Waals surface area contributed by atoms with Crippen LogP contribution in [0.3, 0.4) is 0 Å². The normalized spacial score (nSPS) is 28.0. The predicted molar refractivity (Wildman–Crippen MR) is 91.9 cm³/mol. The fourth-order valence-corrected chi connectivity index (χ4v) is 2.32. The van der Waals surface area contributed by atoms with Gasteiger partial charge < -0.3 is 0 Å². The van der Waals surface area contributed by atoms with Gasteiger partial charge in [0.1, 0.15) is 0 Å². The highest BCUT2D eigenvalue weighted by Gasteiger charge is 1.91. The van der Waals surface area contributed by atoms with Crippen LogP contribution in [-0.2, 0) is 0 Å². The zero-order valence-electron chi connectivity index (χ0n) is 12.8. The van der Waals surface area contributed by atoms with E-state index in [0.717, 1.165) is 0 Å². The van der Waals surface area contributed by atoms with Gasteiger partial charge in [-0.1, -0.05) is 99.3 Å². The first-order valence-corrected chi connectivity index (χ1v) is 8.32. The van der Waals surface area contributed by atoms with E-state index < -0.39 is 0 Å². The lowest BCUT2D eigenvalue weighted by Gasteiger charge is -2.00. The Hall–Kier alpha value is -1.30. The molecule has 0 saturated carbocycles. The SMILES string of the molecule is C1=C\C=C/C=C\CCCCCCCCCC/C=C\C=C/1. The van der Waals surface area contributed by atoms with Gasteiger partial charge in [-0.25, -0.2) is 0 Å². The van der Waals surface area contributed by atoms with E-state index in [1.165, 1.54) is 64.2 Å². The Morgan fingerprint density at radius 3 is 1.00 bits per heavy atom. The van der Waals surface area contributed by atoms with Crippen molar-refractivity contribution in [1.82, 2.24) is 0 Å². The molecule has 0 aromatic carbocycles. The minimum Gasteiger partial charge on any atom is -0.0845 e. The quantitative estimate of drug-likeness (QED) is 0.460. The molecule has 0 bridgehead atoms. The first-order valence-electron chi connectivity index (χ1n) is 8.32. The first kappa shape index (κ1) is 16.8. The van der Waals surface area contributed by atoms with Gasteiger partial charge in [0, 0.05) is 0 Å². The maximum absolute atomic E-state index is 2.28. The Kier molecular flexibility index (Phi) is 11.8. The maximum Gasteiger partial charge on any atom is -0.0348 e. The highest BCUT2D eigenvalue weighted by atomic mass is 14.0. The average molecular weight is 270 g/mol. The van der Waals surface area contributed by atoms with Crippen molar-refractivity contribution >= 4 is 0 Å². The summed E-state index contributed by atoms with van der Waals surface area (Å²) in [6.45, 7) is 0. The standard InChI is InChI=1S/C20H30/c1-2-4-6-8-10-12-14-16-18-20-19-17-15-13-11-9-7-5-3-1/h1-10H,11-20H2/b2-1-,5-3-,6-4-,9-7-,10-8-. The van der Waals surface area contributed by atoms with Gasteiger partial charge in [-0.15, -0.1) is 0 Å². The largest absolute Gasteiger partial charge is 0.0845 e. The number of rotatable bonds is 0. The molecule has 20 heavy (non-hydrogen) atoms. The molecular formula is C20H30. The Bertz CT molecular complexity index is 305. The lowest BCUT2D eigenvalue weighted by atomic mass is 10.1. The fourth-order valence-electron chi connectivity index (χ4n) is 2.32. The minimum atomic E-state index is 1.22. The van der Waals surface area contributed by atoms with Crippen LogP contribution < -0.4 is 0 Å². The van der Waals surface area contributed by atoms with Crippen LogP contribution in [0.15, 0.2) is 60.8 Å². The Morgan fingerprint density at radius 2 is 0.600 bits per heavy atom.